The minimum absolute atomic E-state index is 0.183. The molecule has 0 saturated carbocycles. The maximum atomic E-state index is 12.5. The molecule has 1 fully saturated rings. The molecule has 1 heterocycles. The van der Waals surface area contributed by atoms with Crippen LogP contribution in [0.15, 0.2) is 18.2 Å². The number of piperazine rings is 1. The fraction of sp³-hybridized carbons (Fsp3) is 0.533. The van der Waals surface area contributed by atoms with E-state index >= 15 is 0 Å². The van der Waals surface area contributed by atoms with E-state index < -0.39 is 10.0 Å². The fourth-order valence-corrected chi connectivity index (χ4v) is 3.07. The Morgan fingerprint density at radius 2 is 2.00 bits per heavy atom. The van der Waals surface area contributed by atoms with Crippen LogP contribution >= 0.6 is 0 Å². The van der Waals surface area contributed by atoms with Gasteiger partial charge in [-0.05, 0) is 24.6 Å². The first-order valence-electron chi connectivity index (χ1n) is 7.76. The molecule has 2 rings (SSSR count). The lowest BCUT2D eigenvalue weighted by molar-refractivity contribution is 0.0954. The SMILES string of the molecule is CCCNC(=O)c1cc(NS(C)(=O)=O)ccc1N1CCNCC1. The van der Waals surface area contributed by atoms with Crippen LogP contribution in [-0.4, -0.2) is 53.3 Å². The van der Waals surface area contributed by atoms with Crippen molar-refractivity contribution in [3.8, 4) is 0 Å². The summed E-state index contributed by atoms with van der Waals surface area (Å²) >= 11 is 0. The molecule has 128 valence electrons. The molecule has 7 nitrogen and oxygen atoms in total. The molecule has 1 aromatic carbocycles. The Labute approximate surface area is 137 Å². The summed E-state index contributed by atoms with van der Waals surface area (Å²) in [6, 6.07) is 5.10. The van der Waals surface area contributed by atoms with Crippen molar-refractivity contribution in [2.45, 2.75) is 13.3 Å². The number of nitrogens with zero attached hydrogens (tertiary/aromatic N) is 1. The monoisotopic (exact) mass is 340 g/mol. The summed E-state index contributed by atoms with van der Waals surface area (Å²) in [6.07, 6.45) is 1.93. The standard InChI is InChI=1S/C15H24N4O3S/c1-3-6-17-15(20)13-11-12(18-23(2,21)22)4-5-14(13)19-9-7-16-8-10-19/h4-5,11,16,18H,3,6-10H2,1-2H3,(H,17,20). The zero-order valence-electron chi connectivity index (χ0n) is 13.6. The molecule has 0 unspecified atom stereocenters. The summed E-state index contributed by atoms with van der Waals surface area (Å²) < 4.78 is 25.2. The van der Waals surface area contributed by atoms with Crippen LogP contribution < -0.4 is 20.3 Å². The lowest BCUT2D eigenvalue weighted by Gasteiger charge is -2.31. The van der Waals surface area contributed by atoms with Crippen LogP contribution in [-0.2, 0) is 10.0 Å². The average molecular weight is 340 g/mol. The number of amides is 1. The van der Waals surface area contributed by atoms with Gasteiger partial charge in [0, 0.05) is 44.1 Å². The summed E-state index contributed by atoms with van der Waals surface area (Å²) in [5, 5.41) is 6.14. The lowest BCUT2D eigenvalue weighted by Crippen LogP contribution is -2.44. The molecule has 23 heavy (non-hydrogen) atoms. The highest BCUT2D eigenvalue weighted by atomic mass is 32.2. The van der Waals surface area contributed by atoms with Gasteiger partial charge in [0.25, 0.3) is 5.91 Å². The molecular formula is C15H24N4O3S. The van der Waals surface area contributed by atoms with Crippen LogP contribution in [0.25, 0.3) is 0 Å². The van der Waals surface area contributed by atoms with Gasteiger partial charge in [0.05, 0.1) is 11.8 Å². The number of carbonyl (C=O) groups excluding carboxylic acids is 1. The molecule has 0 radical (unpaired) electrons. The summed E-state index contributed by atoms with van der Waals surface area (Å²) in [4.78, 5) is 14.6. The van der Waals surface area contributed by atoms with Gasteiger partial charge >= 0.3 is 0 Å². The highest BCUT2D eigenvalue weighted by Crippen LogP contribution is 2.25. The molecule has 0 aliphatic carbocycles. The fourth-order valence-electron chi connectivity index (χ4n) is 2.51. The van der Waals surface area contributed by atoms with Crippen molar-refractivity contribution in [1.82, 2.24) is 10.6 Å². The minimum Gasteiger partial charge on any atom is -0.368 e. The van der Waals surface area contributed by atoms with Crippen molar-refractivity contribution >= 4 is 27.3 Å². The summed E-state index contributed by atoms with van der Waals surface area (Å²) in [7, 11) is -3.38. The number of hydrogen-bond donors (Lipinski definition) is 3. The Kier molecular flexibility index (Phi) is 5.84. The van der Waals surface area contributed by atoms with E-state index in [9.17, 15) is 13.2 Å². The Balaban J connectivity index is 2.33. The van der Waals surface area contributed by atoms with E-state index in [4.69, 9.17) is 0 Å². The van der Waals surface area contributed by atoms with Crippen LogP contribution in [0.5, 0.6) is 0 Å². The second-order valence-electron chi connectivity index (χ2n) is 5.60. The second-order valence-corrected chi connectivity index (χ2v) is 7.35. The van der Waals surface area contributed by atoms with E-state index in [1.807, 2.05) is 6.92 Å². The first-order valence-corrected chi connectivity index (χ1v) is 9.65. The zero-order valence-corrected chi connectivity index (χ0v) is 14.4. The third kappa shape index (κ3) is 5.11. The third-order valence-corrected chi connectivity index (χ3v) is 4.14. The van der Waals surface area contributed by atoms with Gasteiger partial charge in [-0.1, -0.05) is 6.92 Å². The first kappa shape index (κ1) is 17.6. The van der Waals surface area contributed by atoms with E-state index in [2.05, 4.69) is 20.3 Å². The number of anilines is 2. The van der Waals surface area contributed by atoms with E-state index in [0.717, 1.165) is 44.5 Å². The van der Waals surface area contributed by atoms with E-state index in [0.29, 0.717) is 17.8 Å². The van der Waals surface area contributed by atoms with E-state index in [1.165, 1.54) is 0 Å². The van der Waals surface area contributed by atoms with Crippen molar-refractivity contribution < 1.29 is 13.2 Å². The van der Waals surface area contributed by atoms with Crippen LogP contribution in [0.3, 0.4) is 0 Å². The molecule has 1 saturated heterocycles. The Hall–Kier alpha value is -1.80. The predicted octanol–water partition coefficient (Wildman–Crippen LogP) is 0.608. The Morgan fingerprint density at radius 1 is 1.30 bits per heavy atom. The Bertz CT molecular complexity index is 655. The smallest absolute Gasteiger partial charge is 0.253 e. The topological polar surface area (TPSA) is 90.5 Å². The van der Waals surface area contributed by atoms with Gasteiger partial charge in [-0.2, -0.15) is 0 Å². The van der Waals surface area contributed by atoms with E-state index in [-0.39, 0.29) is 5.91 Å². The molecule has 3 N–H and O–H groups in total. The van der Waals surface area contributed by atoms with Crippen molar-refractivity contribution in [2.24, 2.45) is 0 Å². The maximum Gasteiger partial charge on any atom is 0.253 e. The van der Waals surface area contributed by atoms with Crippen molar-refractivity contribution in [2.75, 3.05) is 48.6 Å². The molecule has 1 aliphatic heterocycles. The van der Waals surface area contributed by atoms with Gasteiger partial charge in [0.1, 0.15) is 0 Å². The zero-order chi connectivity index (χ0) is 16.9. The molecule has 1 aromatic rings. The van der Waals surface area contributed by atoms with Crippen LogP contribution in [0.4, 0.5) is 11.4 Å². The number of benzene rings is 1. The molecule has 0 aromatic heterocycles. The summed E-state index contributed by atoms with van der Waals surface area (Å²) in [6.45, 7) is 5.92. The average Bonchev–Trinajstić information content (AvgIpc) is 2.52. The van der Waals surface area contributed by atoms with Crippen molar-refractivity contribution in [3.63, 3.8) is 0 Å². The lowest BCUT2D eigenvalue weighted by atomic mass is 10.1. The number of hydrogen-bond acceptors (Lipinski definition) is 5. The van der Waals surface area contributed by atoms with Gasteiger partial charge < -0.3 is 15.5 Å². The normalized spacial score (nSPS) is 15.3. The number of sulfonamides is 1. The second kappa shape index (κ2) is 7.65. The number of carbonyl (C=O) groups is 1. The highest BCUT2D eigenvalue weighted by molar-refractivity contribution is 7.92. The minimum atomic E-state index is -3.38. The van der Waals surface area contributed by atoms with E-state index in [1.54, 1.807) is 18.2 Å². The van der Waals surface area contributed by atoms with Gasteiger partial charge in [0.15, 0.2) is 0 Å². The van der Waals surface area contributed by atoms with Crippen molar-refractivity contribution in [1.29, 1.82) is 0 Å². The summed E-state index contributed by atoms with van der Waals surface area (Å²) in [5.41, 5.74) is 1.72. The largest absolute Gasteiger partial charge is 0.368 e. The Morgan fingerprint density at radius 3 is 2.61 bits per heavy atom. The van der Waals surface area contributed by atoms with Gasteiger partial charge in [0.2, 0.25) is 10.0 Å². The molecule has 1 amide bonds. The molecule has 0 spiro atoms. The van der Waals surface area contributed by atoms with Crippen LogP contribution in [0.2, 0.25) is 0 Å². The molecule has 1 aliphatic rings. The summed E-state index contributed by atoms with van der Waals surface area (Å²) in [5.74, 6) is -0.183. The van der Waals surface area contributed by atoms with Gasteiger partial charge in [-0.15, -0.1) is 0 Å². The molecule has 0 bridgehead atoms. The third-order valence-electron chi connectivity index (χ3n) is 3.54. The molecule has 8 heteroatoms. The first-order chi connectivity index (χ1) is 10.9. The van der Waals surface area contributed by atoms with Crippen LogP contribution in [0, 0.1) is 0 Å². The number of rotatable bonds is 6. The van der Waals surface area contributed by atoms with Gasteiger partial charge in [-0.3, -0.25) is 9.52 Å². The quantitative estimate of drug-likeness (QED) is 0.706. The van der Waals surface area contributed by atoms with Crippen molar-refractivity contribution in [3.05, 3.63) is 23.8 Å². The maximum absolute atomic E-state index is 12.5. The molecule has 0 atom stereocenters. The van der Waals surface area contributed by atoms with Gasteiger partial charge in [-0.25, -0.2) is 8.42 Å². The molecular weight excluding hydrogens is 316 g/mol. The van der Waals surface area contributed by atoms with Crippen LogP contribution in [0.1, 0.15) is 23.7 Å². The predicted molar refractivity (Wildman–Crippen MR) is 92.6 cm³/mol. The highest BCUT2D eigenvalue weighted by Gasteiger charge is 2.19. The number of nitrogens with one attached hydrogen (secondary N) is 3.